The Bertz CT molecular complexity index is 520. The van der Waals surface area contributed by atoms with Crippen molar-refractivity contribution in [1.29, 1.82) is 0 Å². The van der Waals surface area contributed by atoms with E-state index in [2.05, 4.69) is 5.32 Å². The molecule has 0 saturated heterocycles. The molecule has 0 bridgehead atoms. The summed E-state index contributed by atoms with van der Waals surface area (Å²) in [5, 5.41) is 11.7. The zero-order chi connectivity index (χ0) is 14.8. The molecule has 1 saturated carbocycles. The molecule has 0 aliphatic heterocycles. The van der Waals surface area contributed by atoms with E-state index in [1.54, 1.807) is 0 Å². The minimum Gasteiger partial charge on any atom is -0.491 e. The SMILES string of the molecule is CC(C)Oc1ccccc1CC(=O)NC1(C(=O)O)CC1. The van der Waals surface area contributed by atoms with Crippen LogP contribution in [0.1, 0.15) is 32.3 Å². The lowest BCUT2D eigenvalue weighted by Gasteiger charge is -2.16. The van der Waals surface area contributed by atoms with Crippen LogP contribution < -0.4 is 10.1 Å². The van der Waals surface area contributed by atoms with Crippen molar-refractivity contribution in [3.63, 3.8) is 0 Å². The molecule has 1 aliphatic rings. The minimum atomic E-state index is -1.04. The lowest BCUT2D eigenvalue weighted by molar-refractivity contribution is -0.143. The van der Waals surface area contributed by atoms with E-state index in [1.807, 2.05) is 38.1 Å². The Labute approximate surface area is 117 Å². The maximum absolute atomic E-state index is 12.0. The molecular weight excluding hydrogens is 258 g/mol. The molecule has 5 nitrogen and oxygen atoms in total. The lowest BCUT2D eigenvalue weighted by atomic mass is 10.1. The van der Waals surface area contributed by atoms with E-state index in [0.717, 1.165) is 5.56 Å². The number of amides is 1. The second-order valence-corrected chi connectivity index (χ2v) is 5.39. The smallest absolute Gasteiger partial charge is 0.329 e. The van der Waals surface area contributed by atoms with Crippen LogP contribution in [-0.2, 0) is 16.0 Å². The van der Waals surface area contributed by atoms with Gasteiger partial charge in [-0.3, -0.25) is 4.79 Å². The molecule has 2 N–H and O–H groups in total. The molecule has 1 aromatic rings. The van der Waals surface area contributed by atoms with Gasteiger partial charge in [-0.05, 0) is 32.8 Å². The Kier molecular flexibility index (Phi) is 3.97. The summed E-state index contributed by atoms with van der Waals surface area (Å²) in [6.07, 6.45) is 1.14. The van der Waals surface area contributed by atoms with E-state index < -0.39 is 11.5 Å². The van der Waals surface area contributed by atoms with Gasteiger partial charge >= 0.3 is 5.97 Å². The second-order valence-electron chi connectivity index (χ2n) is 5.39. The fourth-order valence-corrected chi connectivity index (χ4v) is 2.02. The standard InChI is InChI=1S/C15H19NO4/c1-10(2)20-12-6-4-3-5-11(12)9-13(17)16-15(7-8-15)14(18)19/h3-6,10H,7-9H2,1-2H3,(H,16,17)(H,18,19). The molecule has 0 atom stereocenters. The summed E-state index contributed by atoms with van der Waals surface area (Å²) < 4.78 is 5.64. The Hall–Kier alpha value is -2.04. The van der Waals surface area contributed by atoms with Gasteiger partial charge in [-0.15, -0.1) is 0 Å². The third-order valence-electron chi connectivity index (χ3n) is 3.22. The fourth-order valence-electron chi connectivity index (χ4n) is 2.02. The zero-order valence-corrected chi connectivity index (χ0v) is 11.7. The minimum absolute atomic E-state index is 0.0213. The molecule has 0 radical (unpaired) electrons. The van der Waals surface area contributed by atoms with Gasteiger partial charge in [-0.25, -0.2) is 4.79 Å². The van der Waals surface area contributed by atoms with Gasteiger partial charge in [0.25, 0.3) is 0 Å². The van der Waals surface area contributed by atoms with E-state index in [9.17, 15) is 9.59 Å². The second kappa shape index (κ2) is 5.53. The van der Waals surface area contributed by atoms with Gasteiger partial charge < -0.3 is 15.2 Å². The topological polar surface area (TPSA) is 75.6 Å². The summed E-state index contributed by atoms with van der Waals surface area (Å²) in [5.74, 6) is -0.583. The number of hydrogen-bond acceptors (Lipinski definition) is 3. The third-order valence-corrected chi connectivity index (χ3v) is 3.22. The highest BCUT2D eigenvalue weighted by atomic mass is 16.5. The van der Waals surface area contributed by atoms with Crippen molar-refractivity contribution in [2.75, 3.05) is 0 Å². The molecular formula is C15H19NO4. The quantitative estimate of drug-likeness (QED) is 0.830. The van der Waals surface area contributed by atoms with Crippen molar-refractivity contribution < 1.29 is 19.4 Å². The van der Waals surface area contributed by atoms with Gasteiger partial charge in [0, 0.05) is 5.56 Å². The summed E-state index contributed by atoms with van der Waals surface area (Å²) in [6, 6.07) is 7.31. The summed E-state index contributed by atoms with van der Waals surface area (Å²) in [5.41, 5.74) is -0.273. The molecule has 5 heteroatoms. The van der Waals surface area contributed by atoms with Crippen LogP contribution in [0.3, 0.4) is 0 Å². The maximum Gasteiger partial charge on any atom is 0.329 e. The molecule has 1 amide bonds. The van der Waals surface area contributed by atoms with E-state index in [-0.39, 0.29) is 18.4 Å². The van der Waals surface area contributed by atoms with Crippen molar-refractivity contribution in [2.45, 2.75) is 44.8 Å². The van der Waals surface area contributed by atoms with Crippen LogP contribution in [0.2, 0.25) is 0 Å². The third kappa shape index (κ3) is 3.29. The van der Waals surface area contributed by atoms with Crippen LogP contribution in [0.5, 0.6) is 5.75 Å². The number of ether oxygens (including phenoxy) is 1. The molecule has 0 unspecified atom stereocenters. The molecule has 0 heterocycles. The lowest BCUT2D eigenvalue weighted by Crippen LogP contribution is -2.43. The van der Waals surface area contributed by atoms with Crippen LogP contribution >= 0.6 is 0 Å². The summed E-state index contributed by atoms with van der Waals surface area (Å²) in [4.78, 5) is 23.0. The average Bonchev–Trinajstić information content (AvgIpc) is 3.12. The Morgan fingerprint density at radius 2 is 2.00 bits per heavy atom. The number of carboxylic acid groups (broad SMARTS) is 1. The molecule has 1 aromatic carbocycles. The number of carbonyl (C=O) groups excluding carboxylic acids is 1. The Balaban J connectivity index is 2.03. The molecule has 1 aliphatic carbocycles. The van der Waals surface area contributed by atoms with E-state index >= 15 is 0 Å². The van der Waals surface area contributed by atoms with Crippen molar-refractivity contribution in [3.05, 3.63) is 29.8 Å². The van der Waals surface area contributed by atoms with Gasteiger partial charge in [0.05, 0.1) is 12.5 Å². The predicted octanol–water partition coefficient (Wildman–Crippen LogP) is 1.75. The predicted molar refractivity (Wildman–Crippen MR) is 73.7 cm³/mol. The number of benzene rings is 1. The Morgan fingerprint density at radius 1 is 1.35 bits per heavy atom. The van der Waals surface area contributed by atoms with E-state index in [0.29, 0.717) is 18.6 Å². The first-order valence-electron chi connectivity index (χ1n) is 6.72. The van der Waals surface area contributed by atoms with Crippen LogP contribution in [0.15, 0.2) is 24.3 Å². The largest absolute Gasteiger partial charge is 0.491 e. The van der Waals surface area contributed by atoms with Crippen LogP contribution in [0, 0.1) is 0 Å². The van der Waals surface area contributed by atoms with Crippen molar-refractivity contribution >= 4 is 11.9 Å². The highest BCUT2D eigenvalue weighted by Gasteiger charge is 2.51. The maximum atomic E-state index is 12.0. The highest BCUT2D eigenvalue weighted by Crippen LogP contribution is 2.35. The van der Waals surface area contributed by atoms with Gasteiger partial charge in [-0.2, -0.15) is 0 Å². The summed E-state index contributed by atoms with van der Waals surface area (Å²) in [7, 11) is 0. The number of aliphatic carboxylic acids is 1. The summed E-state index contributed by atoms with van der Waals surface area (Å²) in [6.45, 7) is 3.83. The number of para-hydroxylation sites is 1. The van der Waals surface area contributed by atoms with E-state index in [4.69, 9.17) is 9.84 Å². The number of hydrogen-bond donors (Lipinski definition) is 2. The zero-order valence-electron chi connectivity index (χ0n) is 11.7. The molecule has 2 rings (SSSR count). The summed E-state index contributed by atoms with van der Waals surface area (Å²) >= 11 is 0. The molecule has 108 valence electrons. The first-order valence-corrected chi connectivity index (χ1v) is 6.72. The van der Waals surface area contributed by atoms with Gasteiger partial charge in [0.1, 0.15) is 11.3 Å². The fraction of sp³-hybridized carbons (Fsp3) is 0.467. The monoisotopic (exact) mass is 277 g/mol. The van der Waals surface area contributed by atoms with Crippen LogP contribution in [0.4, 0.5) is 0 Å². The number of nitrogens with one attached hydrogen (secondary N) is 1. The average molecular weight is 277 g/mol. The van der Waals surface area contributed by atoms with Crippen LogP contribution in [0.25, 0.3) is 0 Å². The molecule has 0 spiro atoms. The number of carboxylic acids is 1. The molecule has 20 heavy (non-hydrogen) atoms. The van der Waals surface area contributed by atoms with Gasteiger partial charge in [0.15, 0.2) is 0 Å². The van der Waals surface area contributed by atoms with Crippen molar-refractivity contribution in [1.82, 2.24) is 5.32 Å². The van der Waals surface area contributed by atoms with Gasteiger partial charge in [-0.1, -0.05) is 18.2 Å². The first-order chi connectivity index (χ1) is 9.43. The van der Waals surface area contributed by atoms with Crippen molar-refractivity contribution in [3.8, 4) is 5.75 Å². The molecule has 0 aromatic heterocycles. The highest BCUT2D eigenvalue weighted by molar-refractivity contribution is 5.90. The molecule has 1 fully saturated rings. The van der Waals surface area contributed by atoms with Crippen LogP contribution in [-0.4, -0.2) is 28.6 Å². The first kappa shape index (κ1) is 14.4. The normalized spacial score (nSPS) is 15.8. The Morgan fingerprint density at radius 3 is 2.55 bits per heavy atom. The van der Waals surface area contributed by atoms with Crippen molar-refractivity contribution in [2.24, 2.45) is 0 Å². The van der Waals surface area contributed by atoms with Gasteiger partial charge in [0.2, 0.25) is 5.91 Å². The van der Waals surface area contributed by atoms with E-state index in [1.165, 1.54) is 0 Å². The number of carbonyl (C=O) groups is 2. The number of rotatable bonds is 6.